The maximum atomic E-state index is 11.9. The van der Waals surface area contributed by atoms with Crippen molar-refractivity contribution in [1.29, 1.82) is 0 Å². The Morgan fingerprint density at radius 3 is 1.78 bits per heavy atom. The van der Waals surface area contributed by atoms with Crippen LogP contribution in [0.25, 0.3) is 0 Å². The van der Waals surface area contributed by atoms with Gasteiger partial charge in [0.05, 0.1) is 13.2 Å². The Morgan fingerprint density at radius 1 is 0.944 bits per heavy atom. The second-order valence-electron chi connectivity index (χ2n) is 4.29. The van der Waals surface area contributed by atoms with E-state index in [9.17, 15) is 9.59 Å². The molecule has 0 aliphatic heterocycles. The van der Waals surface area contributed by atoms with Crippen LogP contribution in [0.2, 0.25) is 0 Å². The highest BCUT2D eigenvalue weighted by Gasteiger charge is 2.35. The predicted molar refractivity (Wildman–Crippen MR) is 70.1 cm³/mol. The molecule has 0 spiro atoms. The van der Waals surface area contributed by atoms with E-state index in [0.29, 0.717) is 13.2 Å². The molecule has 4 heteroatoms. The summed E-state index contributed by atoms with van der Waals surface area (Å²) in [6.07, 6.45) is 3.69. The van der Waals surface area contributed by atoms with Gasteiger partial charge in [0.2, 0.25) is 0 Å². The first-order valence-corrected chi connectivity index (χ1v) is 6.95. The summed E-state index contributed by atoms with van der Waals surface area (Å²) in [6.45, 7) is 8.15. The third kappa shape index (κ3) is 5.52. The van der Waals surface area contributed by atoms with Crippen molar-refractivity contribution >= 4 is 11.9 Å². The van der Waals surface area contributed by atoms with Crippen molar-refractivity contribution in [3.05, 3.63) is 0 Å². The number of ether oxygens (including phenoxy) is 2. The molecule has 106 valence electrons. The SMILES string of the molecule is CCCC[C@@H](CC)C(C(=O)OCC)C(=O)OCC. The zero-order valence-electron chi connectivity index (χ0n) is 12.0. The van der Waals surface area contributed by atoms with E-state index in [2.05, 4.69) is 6.92 Å². The molecule has 4 nitrogen and oxygen atoms in total. The van der Waals surface area contributed by atoms with Gasteiger partial charge in [0, 0.05) is 0 Å². The summed E-state index contributed by atoms with van der Waals surface area (Å²) in [7, 11) is 0. The number of hydrogen-bond donors (Lipinski definition) is 0. The molecular weight excluding hydrogens is 232 g/mol. The minimum Gasteiger partial charge on any atom is -0.465 e. The van der Waals surface area contributed by atoms with E-state index in [-0.39, 0.29) is 5.92 Å². The van der Waals surface area contributed by atoms with Crippen LogP contribution >= 0.6 is 0 Å². The van der Waals surface area contributed by atoms with Gasteiger partial charge in [0.15, 0.2) is 5.92 Å². The Kier molecular flexibility index (Phi) is 9.33. The van der Waals surface area contributed by atoms with E-state index in [0.717, 1.165) is 25.7 Å². The number of carbonyl (C=O) groups excluding carboxylic acids is 2. The highest BCUT2D eigenvalue weighted by Crippen LogP contribution is 2.25. The number of esters is 2. The van der Waals surface area contributed by atoms with Gasteiger partial charge < -0.3 is 9.47 Å². The molecule has 0 amide bonds. The average Bonchev–Trinajstić information content (AvgIpc) is 2.34. The van der Waals surface area contributed by atoms with E-state index in [4.69, 9.17) is 9.47 Å². The largest absolute Gasteiger partial charge is 0.465 e. The fourth-order valence-electron chi connectivity index (χ4n) is 2.02. The minimum absolute atomic E-state index is 0.0167. The van der Waals surface area contributed by atoms with Crippen molar-refractivity contribution < 1.29 is 19.1 Å². The molecule has 0 aromatic heterocycles. The summed E-state index contributed by atoms with van der Waals surface area (Å²) in [5.41, 5.74) is 0. The number of hydrogen-bond acceptors (Lipinski definition) is 4. The van der Waals surface area contributed by atoms with Crippen LogP contribution < -0.4 is 0 Å². The van der Waals surface area contributed by atoms with Gasteiger partial charge >= 0.3 is 11.9 Å². The standard InChI is InChI=1S/C14H26O4/c1-5-9-10-11(6-2)12(13(15)17-7-3)14(16)18-8-4/h11-12H,5-10H2,1-4H3/t11-/m1/s1. The first-order valence-electron chi connectivity index (χ1n) is 6.95. The van der Waals surface area contributed by atoms with E-state index in [1.54, 1.807) is 13.8 Å². The number of carbonyl (C=O) groups is 2. The van der Waals surface area contributed by atoms with Gasteiger partial charge in [-0.1, -0.05) is 33.1 Å². The van der Waals surface area contributed by atoms with Crippen molar-refractivity contribution in [3.8, 4) is 0 Å². The van der Waals surface area contributed by atoms with Crippen molar-refractivity contribution in [2.75, 3.05) is 13.2 Å². The molecular formula is C14H26O4. The van der Waals surface area contributed by atoms with E-state index >= 15 is 0 Å². The molecule has 0 saturated carbocycles. The number of rotatable bonds is 9. The Labute approximate surface area is 110 Å². The van der Waals surface area contributed by atoms with Gasteiger partial charge in [-0.25, -0.2) is 0 Å². The fraction of sp³-hybridized carbons (Fsp3) is 0.857. The normalized spacial score (nSPS) is 12.3. The highest BCUT2D eigenvalue weighted by atomic mass is 16.6. The van der Waals surface area contributed by atoms with E-state index in [1.807, 2.05) is 6.92 Å². The van der Waals surface area contributed by atoms with Gasteiger partial charge in [-0.15, -0.1) is 0 Å². The lowest BCUT2D eigenvalue weighted by molar-refractivity contribution is -0.164. The molecule has 0 rings (SSSR count). The summed E-state index contributed by atoms with van der Waals surface area (Å²) in [6, 6.07) is 0. The molecule has 0 saturated heterocycles. The monoisotopic (exact) mass is 258 g/mol. The maximum Gasteiger partial charge on any atom is 0.320 e. The molecule has 0 aliphatic carbocycles. The molecule has 0 radical (unpaired) electrons. The van der Waals surface area contributed by atoms with Crippen LogP contribution in [0.3, 0.4) is 0 Å². The zero-order valence-corrected chi connectivity index (χ0v) is 12.0. The van der Waals surface area contributed by atoms with Crippen molar-refractivity contribution in [3.63, 3.8) is 0 Å². The Hall–Kier alpha value is -1.06. The predicted octanol–water partition coefficient (Wildman–Crippen LogP) is 2.95. The van der Waals surface area contributed by atoms with Crippen molar-refractivity contribution in [2.45, 2.75) is 53.4 Å². The van der Waals surface area contributed by atoms with Crippen LogP contribution in [0.4, 0.5) is 0 Å². The second kappa shape index (κ2) is 9.92. The Balaban J connectivity index is 4.79. The summed E-state index contributed by atoms with van der Waals surface area (Å²) in [4.78, 5) is 23.8. The molecule has 18 heavy (non-hydrogen) atoms. The first kappa shape index (κ1) is 16.9. The summed E-state index contributed by atoms with van der Waals surface area (Å²) in [5.74, 6) is -1.64. The van der Waals surface area contributed by atoms with Gasteiger partial charge in [-0.3, -0.25) is 9.59 Å². The topological polar surface area (TPSA) is 52.6 Å². The smallest absolute Gasteiger partial charge is 0.320 e. The third-order valence-electron chi connectivity index (χ3n) is 3.01. The minimum atomic E-state index is -0.763. The second-order valence-corrected chi connectivity index (χ2v) is 4.29. The van der Waals surface area contributed by atoms with Gasteiger partial charge in [-0.2, -0.15) is 0 Å². The van der Waals surface area contributed by atoms with Crippen molar-refractivity contribution in [2.24, 2.45) is 11.8 Å². The lowest BCUT2D eigenvalue weighted by Gasteiger charge is -2.22. The fourth-order valence-corrected chi connectivity index (χ4v) is 2.02. The van der Waals surface area contributed by atoms with Crippen LogP contribution in [0, 0.1) is 11.8 Å². The maximum absolute atomic E-state index is 11.9. The molecule has 0 fully saturated rings. The van der Waals surface area contributed by atoms with E-state index < -0.39 is 17.9 Å². The molecule has 0 aliphatic rings. The van der Waals surface area contributed by atoms with Gasteiger partial charge in [-0.05, 0) is 26.2 Å². The van der Waals surface area contributed by atoms with Crippen LogP contribution in [0.5, 0.6) is 0 Å². The highest BCUT2D eigenvalue weighted by molar-refractivity contribution is 5.95. The molecule has 1 atom stereocenters. The molecule has 0 aromatic carbocycles. The Bertz CT molecular complexity index is 232. The molecule has 0 N–H and O–H groups in total. The van der Waals surface area contributed by atoms with Crippen LogP contribution in [-0.4, -0.2) is 25.2 Å². The Morgan fingerprint density at radius 2 is 1.44 bits per heavy atom. The summed E-state index contributed by atoms with van der Waals surface area (Å²) >= 11 is 0. The van der Waals surface area contributed by atoms with Gasteiger partial charge in [0.1, 0.15) is 0 Å². The molecule has 0 unspecified atom stereocenters. The first-order chi connectivity index (χ1) is 8.62. The molecule has 0 aromatic rings. The summed E-state index contributed by atoms with van der Waals surface area (Å²) < 4.78 is 9.99. The molecule has 0 heterocycles. The average molecular weight is 258 g/mol. The quantitative estimate of drug-likeness (QED) is 0.471. The van der Waals surface area contributed by atoms with E-state index in [1.165, 1.54) is 0 Å². The lowest BCUT2D eigenvalue weighted by atomic mass is 9.86. The summed E-state index contributed by atoms with van der Waals surface area (Å²) in [5, 5.41) is 0. The molecule has 0 bridgehead atoms. The van der Waals surface area contributed by atoms with Crippen molar-refractivity contribution in [1.82, 2.24) is 0 Å². The van der Waals surface area contributed by atoms with Crippen LogP contribution in [0.1, 0.15) is 53.4 Å². The van der Waals surface area contributed by atoms with Crippen LogP contribution in [0.15, 0.2) is 0 Å². The zero-order chi connectivity index (χ0) is 14.0. The lowest BCUT2D eigenvalue weighted by Crippen LogP contribution is -2.34. The third-order valence-corrected chi connectivity index (χ3v) is 3.01. The van der Waals surface area contributed by atoms with Gasteiger partial charge in [0.25, 0.3) is 0 Å². The number of unbranched alkanes of at least 4 members (excludes halogenated alkanes) is 1. The van der Waals surface area contributed by atoms with Crippen LogP contribution in [-0.2, 0) is 19.1 Å².